The number of hydrogen-bond donors (Lipinski definition) is 1. The van der Waals surface area contributed by atoms with Gasteiger partial charge in [0, 0.05) is 18.5 Å². The predicted octanol–water partition coefficient (Wildman–Crippen LogP) is 2.81. The lowest BCUT2D eigenvalue weighted by Crippen LogP contribution is -2.26. The molecule has 0 aromatic rings. The van der Waals surface area contributed by atoms with Gasteiger partial charge in [0.1, 0.15) is 0 Å². The van der Waals surface area contributed by atoms with E-state index in [9.17, 15) is 0 Å². The molecule has 0 heterocycles. The molecular weight excluding hydrogens is 170 g/mol. The second-order valence-corrected chi connectivity index (χ2v) is 4.93. The van der Waals surface area contributed by atoms with E-state index in [1.54, 1.807) is 0 Å². The molecule has 0 bridgehead atoms. The summed E-state index contributed by atoms with van der Waals surface area (Å²) in [5.41, 5.74) is 0.322. The lowest BCUT2D eigenvalue weighted by molar-refractivity contribution is 0.366. The van der Waals surface area contributed by atoms with E-state index >= 15 is 0 Å². The van der Waals surface area contributed by atoms with Crippen LogP contribution in [0.25, 0.3) is 0 Å². The fourth-order valence-electron chi connectivity index (χ4n) is 1.08. The maximum Gasteiger partial charge on any atom is 0.0465 e. The summed E-state index contributed by atoms with van der Waals surface area (Å²) in [6.07, 6.45) is 2.89. The normalized spacial score (nSPS) is 14.3. The Morgan fingerprint density at radius 3 is 2.50 bits per heavy atom. The second kappa shape index (κ2) is 5.60. The van der Waals surface area contributed by atoms with Crippen molar-refractivity contribution in [3.8, 4) is 0 Å². The first-order chi connectivity index (χ1) is 5.45. The van der Waals surface area contributed by atoms with Gasteiger partial charge in [-0.3, -0.25) is 0 Å². The third-order valence-electron chi connectivity index (χ3n) is 1.49. The smallest absolute Gasteiger partial charge is 0.0465 e. The van der Waals surface area contributed by atoms with Crippen molar-refractivity contribution in [2.75, 3.05) is 13.1 Å². The van der Waals surface area contributed by atoms with Crippen molar-refractivity contribution in [3.63, 3.8) is 0 Å². The number of alkyl halides is 1. The molecule has 0 aliphatic carbocycles. The quantitative estimate of drug-likeness (QED) is 0.399. The van der Waals surface area contributed by atoms with E-state index in [0.717, 1.165) is 19.5 Å². The molecule has 2 heteroatoms. The Balaban J connectivity index is 3.46. The van der Waals surface area contributed by atoms with E-state index in [1.165, 1.54) is 0 Å². The lowest BCUT2D eigenvalue weighted by Gasteiger charge is -2.21. The van der Waals surface area contributed by atoms with E-state index in [-0.39, 0.29) is 5.38 Å². The van der Waals surface area contributed by atoms with Crippen molar-refractivity contribution in [1.82, 2.24) is 5.32 Å². The summed E-state index contributed by atoms with van der Waals surface area (Å²) in [6.45, 7) is 11.9. The van der Waals surface area contributed by atoms with Crippen molar-refractivity contribution < 1.29 is 0 Å². The third kappa shape index (κ3) is 8.09. The molecule has 72 valence electrons. The van der Waals surface area contributed by atoms with Crippen LogP contribution in [0.4, 0.5) is 0 Å². The minimum atomic E-state index is 0.227. The Morgan fingerprint density at radius 1 is 1.50 bits per heavy atom. The number of halogens is 1. The van der Waals surface area contributed by atoms with E-state index in [2.05, 4.69) is 32.7 Å². The number of rotatable bonds is 5. The summed E-state index contributed by atoms with van der Waals surface area (Å²) >= 11 is 6.10. The van der Waals surface area contributed by atoms with Gasteiger partial charge in [0.15, 0.2) is 0 Å². The van der Waals surface area contributed by atoms with Crippen LogP contribution in [-0.2, 0) is 0 Å². The van der Waals surface area contributed by atoms with Crippen LogP contribution in [0.3, 0.4) is 0 Å². The van der Waals surface area contributed by atoms with Gasteiger partial charge >= 0.3 is 0 Å². The molecule has 0 aliphatic heterocycles. The Kier molecular flexibility index (Phi) is 5.60. The molecule has 0 spiro atoms. The first-order valence-electron chi connectivity index (χ1n) is 4.41. The highest BCUT2D eigenvalue weighted by atomic mass is 35.5. The van der Waals surface area contributed by atoms with E-state index < -0.39 is 0 Å². The maximum absolute atomic E-state index is 6.10. The zero-order valence-corrected chi connectivity index (χ0v) is 9.12. The summed E-state index contributed by atoms with van der Waals surface area (Å²) in [6, 6.07) is 0. The van der Waals surface area contributed by atoms with E-state index in [1.807, 2.05) is 6.08 Å². The maximum atomic E-state index is 6.10. The predicted molar refractivity (Wildman–Crippen MR) is 56.8 cm³/mol. The Hall–Kier alpha value is -0.0100. The fourth-order valence-corrected chi connectivity index (χ4v) is 1.65. The van der Waals surface area contributed by atoms with Crippen molar-refractivity contribution in [2.24, 2.45) is 5.41 Å². The van der Waals surface area contributed by atoms with Crippen molar-refractivity contribution in [2.45, 2.75) is 32.6 Å². The summed E-state index contributed by atoms with van der Waals surface area (Å²) in [4.78, 5) is 0. The number of hydrogen-bond acceptors (Lipinski definition) is 1. The molecule has 1 unspecified atom stereocenters. The average Bonchev–Trinajstić information content (AvgIpc) is 1.84. The molecule has 0 radical (unpaired) electrons. The molecule has 0 rings (SSSR count). The Morgan fingerprint density at radius 2 is 2.08 bits per heavy atom. The third-order valence-corrected chi connectivity index (χ3v) is 1.80. The summed E-state index contributed by atoms with van der Waals surface area (Å²) < 4.78 is 0. The molecule has 0 amide bonds. The molecule has 0 aromatic heterocycles. The summed E-state index contributed by atoms with van der Waals surface area (Å²) in [7, 11) is 0. The van der Waals surface area contributed by atoms with Crippen LogP contribution in [0.15, 0.2) is 12.7 Å². The highest BCUT2D eigenvalue weighted by Crippen LogP contribution is 2.22. The van der Waals surface area contributed by atoms with Crippen LogP contribution < -0.4 is 5.32 Å². The van der Waals surface area contributed by atoms with Crippen LogP contribution >= 0.6 is 11.6 Å². The zero-order valence-electron chi connectivity index (χ0n) is 8.36. The van der Waals surface area contributed by atoms with Gasteiger partial charge in [0.25, 0.3) is 0 Å². The van der Waals surface area contributed by atoms with Crippen molar-refractivity contribution >= 4 is 11.6 Å². The van der Waals surface area contributed by atoms with Crippen LogP contribution in [-0.4, -0.2) is 18.5 Å². The molecule has 0 aliphatic rings. The SMILES string of the molecule is C=CCNCC(Cl)CC(C)(C)C. The monoisotopic (exact) mass is 189 g/mol. The average molecular weight is 190 g/mol. The lowest BCUT2D eigenvalue weighted by atomic mass is 9.90. The number of nitrogens with one attached hydrogen (secondary N) is 1. The fraction of sp³-hybridized carbons (Fsp3) is 0.800. The van der Waals surface area contributed by atoms with Gasteiger partial charge in [0.2, 0.25) is 0 Å². The molecule has 1 nitrogen and oxygen atoms in total. The summed E-state index contributed by atoms with van der Waals surface area (Å²) in [5, 5.41) is 3.43. The first kappa shape index (κ1) is 12.0. The van der Waals surface area contributed by atoms with Gasteiger partial charge in [-0.05, 0) is 11.8 Å². The van der Waals surface area contributed by atoms with Crippen molar-refractivity contribution in [1.29, 1.82) is 0 Å². The summed E-state index contributed by atoms with van der Waals surface area (Å²) in [5.74, 6) is 0. The van der Waals surface area contributed by atoms with Crippen LogP contribution in [0.5, 0.6) is 0 Å². The molecule has 0 saturated heterocycles. The molecule has 1 atom stereocenters. The van der Waals surface area contributed by atoms with Gasteiger partial charge in [0.05, 0.1) is 0 Å². The molecule has 0 fully saturated rings. The van der Waals surface area contributed by atoms with Gasteiger partial charge < -0.3 is 5.32 Å². The molecule has 0 saturated carbocycles. The van der Waals surface area contributed by atoms with Gasteiger partial charge in [-0.15, -0.1) is 18.2 Å². The molecule has 12 heavy (non-hydrogen) atoms. The molecular formula is C10H20ClN. The van der Waals surface area contributed by atoms with Crippen molar-refractivity contribution in [3.05, 3.63) is 12.7 Å². The van der Waals surface area contributed by atoms with Crippen LogP contribution in [0.2, 0.25) is 0 Å². The second-order valence-electron chi connectivity index (χ2n) is 4.31. The van der Waals surface area contributed by atoms with E-state index in [0.29, 0.717) is 5.41 Å². The Labute approximate surface area is 81.2 Å². The minimum Gasteiger partial charge on any atom is -0.312 e. The Bertz CT molecular complexity index is 126. The van der Waals surface area contributed by atoms with Gasteiger partial charge in [-0.25, -0.2) is 0 Å². The minimum absolute atomic E-state index is 0.227. The highest BCUT2D eigenvalue weighted by Gasteiger charge is 2.15. The topological polar surface area (TPSA) is 12.0 Å². The first-order valence-corrected chi connectivity index (χ1v) is 4.85. The van der Waals surface area contributed by atoms with Gasteiger partial charge in [-0.1, -0.05) is 26.8 Å². The van der Waals surface area contributed by atoms with Crippen LogP contribution in [0.1, 0.15) is 27.2 Å². The largest absolute Gasteiger partial charge is 0.312 e. The van der Waals surface area contributed by atoms with Crippen LogP contribution in [0, 0.1) is 5.41 Å². The zero-order chi connectivity index (χ0) is 9.61. The molecule has 0 aromatic carbocycles. The molecule has 1 N–H and O–H groups in total. The standard InChI is InChI=1S/C10H20ClN/c1-5-6-12-8-9(11)7-10(2,3)4/h5,9,12H,1,6-8H2,2-4H3. The van der Waals surface area contributed by atoms with Gasteiger partial charge in [-0.2, -0.15) is 0 Å². The highest BCUT2D eigenvalue weighted by molar-refractivity contribution is 6.20. The van der Waals surface area contributed by atoms with E-state index in [4.69, 9.17) is 11.6 Å².